The highest BCUT2D eigenvalue weighted by molar-refractivity contribution is 5.81. The second kappa shape index (κ2) is 9.01. The number of nitrogens with two attached hydrogens (primary N) is 2. The Bertz CT molecular complexity index is 740. The van der Waals surface area contributed by atoms with E-state index in [1.807, 2.05) is 48.5 Å². The predicted molar refractivity (Wildman–Crippen MR) is 101 cm³/mol. The smallest absolute Gasteiger partial charge is 0.239 e. The lowest BCUT2D eigenvalue weighted by Crippen LogP contribution is -2.41. The lowest BCUT2D eigenvalue weighted by molar-refractivity contribution is -0.130. The van der Waals surface area contributed by atoms with E-state index in [4.69, 9.17) is 16.2 Å². The molecule has 2 aromatic carbocycles. The van der Waals surface area contributed by atoms with Gasteiger partial charge < -0.3 is 21.1 Å². The molecule has 1 atom stereocenters. The molecule has 1 unspecified atom stereocenters. The summed E-state index contributed by atoms with van der Waals surface area (Å²) in [5.41, 5.74) is 13.1. The molecule has 0 saturated heterocycles. The summed E-state index contributed by atoms with van der Waals surface area (Å²) >= 11 is 0. The van der Waals surface area contributed by atoms with E-state index in [-0.39, 0.29) is 11.8 Å². The molecule has 0 aliphatic carbocycles. The van der Waals surface area contributed by atoms with Crippen molar-refractivity contribution >= 4 is 11.8 Å². The number of primary amides is 1. The van der Waals surface area contributed by atoms with Crippen LogP contribution in [0.25, 0.3) is 0 Å². The summed E-state index contributed by atoms with van der Waals surface area (Å²) in [6, 6.07) is 14.5. The Labute approximate surface area is 153 Å². The van der Waals surface area contributed by atoms with E-state index in [9.17, 15) is 9.59 Å². The van der Waals surface area contributed by atoms with Crippen molar-refractivity contribution in [2.24, 2.45) is 11.5 Å². The number of carbonyl (C=O) groups is 2. The summed E-state index contributed by atoms with van der Waals surface area (Å²) in [5.74, 6) is 1.00. The number of amides is 2. The SMILES string of the molecule is CN(C)C(=O)C(N)Cc1ccc(Oc2ccc(CCC(N)=O)cc2)cc1. The second-order valence-electron chi connectivity index (χ2n) is 6.40. The first-order valence-corrected chi connectivity index (χ1v) is 8.46. The number of aryl methyl sites for hydroxylation is 1. The zero-order valence-electron chi connectivity index (χ0n) is 15.1. The fraction of sp³-hybridized carbons (Fsp3) is 0.300. The summed E-state index contributed by atoms with van der Waals surface area (Å²) < 4.78 is 5.81. The summed E-state index contributed by atoms with van der Waals surface area (Å²) in [4.78, 5) is 24.1. The van der Waals surface area contributed by atoms with Gasteiger partial charge in [-0.15, -0.1) is 0 Å². The molecule has 4 N–H and O–H groups in total. The van der Waals surface area contributed by atoms with E-state index in [2.05, 4.69) is 0 Å². The van der Waals surface area contributed by atoms with Gasteiger partial charge in [-0.2, -0.15) is 0 Å². The van der Waals surface area contributed by atoms with Crippen LogP contribution in [0.3, 0.4) is 0 Å². The molecule has 0 aromatic heterocycles. The molecular weight excluding hydrogens is 330 g/mol. The number of likely N-dealkylation sites (N-methyl/N-ethyl adjacent to an activating group) is 1. The Morgan fingerprint density at radius 1 is 0.962 bits per heavy atom. The van der Waals surface area contributed by atoms with E-state index in [0.717, 1.165) is 11.1 Å². The minimum absolute atomic E-state index is 0.0956. The number of hydrogen-bond donors (Lipinski definition) is 2. The average molecular weight is 355 g/mol. The summed E-state index contributed by atoms with van der Waals surface area (Å²) in [6.45, 7) is 0. The first-order valence-electron chi connectivity index (χ1n) is 8.46. The standard InChI is InChI=1S/C20H25N3O3/c1-23(2)20(25)18(21)13-15-5-10-17(11-6-15)26-16-8-3-14(4-9-16)7-12-19(22)24/h3-6,8-11,18H,7,12-13,21H2,1-2H3,(H2,22,24). The van der Waals surface area contributed by atoms with Crippen molar-refractivity contribution in [3.63, 3.8) is 0 Å². The fourth-order valence-electron chi connectivity index (χ4n) is 2.49. The largest absolute Gasteiger partial charge is 0.457 e. The number of carbonyl (C=O) groups excluding carboxylic acids is 2. The first-order chi connectivity index (χ1) is 12.3. The Morgan fingerprint density at radius 3 is 1.92 bits per heavy atom. The van der Waals surface area contributed by atoms with Crippen LogP contribution in [0.2, 0.25) is 0 Å². The monoisotopic (exact) mass is 355 g/mol. The lowest BCUT2D eigenvalue weighted by Gasteiger charge is -2.16. The van der Waals surface area contributed by atoms with E-state index in [1.54, 1.807) is 14.1 Å². The van der Waals surface area contributed by atoms with Gasteiger partial charge in [-0.05, 0) is 48.2 Å². The molecule has 2 aromatic rings. The zero-order chi connectivity index (χ0) is 19.1. The van der Waals surface area contributed by atoms with Crippen LogP contribution < -0.4 is 16.2 Å². The van der Waals surface area contributed by atoms with Crippen LogP contribution in [0, 0.1) is 0 Å². The van der Waals surface area contributed by atoms with Crippen molar-refractivity contribution in [3.8, 4) is 11.5 Å². The van der Waals surface area contributed by atoms with E-state index < -0.39 is 6.04 Å². The number of benzene rings is 2. The summed E-state index contributed by atoms with van der Waals surface area (Å²) in [7, 11) is 3.39. The van der Waals surface area contributed by atoms with Gasteiger partial charge >= 0.3 is 0 Å². The summed E-state index contributed by atoms with van der Waals surface area (Å²) in [6.07, 6.45) is 1.43. The third-order valence-electron chi connectivity index (χ3n) is 3.96. The van der Waals surface area contributed by atoms with Gasteiger partial charge in [-0.1, -0.05) is 24.3 Å². The maximum atomic E-state index is 11.8. The van der Waals surface area contributed by atoms with E-state index >= 15 is 0 Å². The highest BCUT2D eigenvalue weighted by atomic mass is 16.5. The molecule has 2 rings (SSSR count). The lowest BCUT2D eigenvalue weighted by atomic mass is 10.1. The first kappa shape index (κ1) is 19.5. The van der Waals surface area contributed by atoms with E-state index in [0.29, 0.717) is 30.8 Å². The molecule has 0 heterocycles. The molecule has 0 spiro atoms. The Morgan fingerprint density at radius 2 is 1.46 bits per heavy atom. The molecule has 26 heavy (non-hydrogen) atoms. The molecule has 0 saturated carbocycles. The Balaban J connectivity index is 1.92. The van der Waals surface area contributed by atoms with Gasteiger partial charge in [0.2, 0.25) is 11.8 Å². The third-order valence-corrected chi connectivity index (χ3v) is 3.96. The van der Waals surface area contributed by atoms with Gasteiger partial charge in [0, 0.05) is 20.5 Å². The van der Waals surface area contributed by atoms with Crippen molar-refractivity contribution in [2.45, 2.75) is 25.3 Å². The van der Waals surface area contributed by atoms with Crippen LogP contribution in [-0.2, 0) is 22.4 Å². The number of ether oxygens (including phenoxy) is 1. The van der Waals surface area contributed by atoms with Crippen molar-refractivity contribution in [3.05, 3.63) is 59.7 Å². The van der Waals surface area contributed by atoms with Crippen LogP contribution >= 0.6 is 0 Å². The highest BCUT2D eigenvalue weighted by Gasteiger charge is 2.15. The molecule has 0 radical (unpaired) electrons. The number of rotatable bonds is 8. The van der Waals surface area contributed by atoms with Gasteiger partial charge in [-0.25, -0.2) is 0 Å². The molecule has 0 aliphatic rings. The average Bonchev–Trinajstić information content (AvgIpc) is 2.62. The fourth-order valence-corrected chi connectivity index (χ4v) is 2.49. The minimum atomic E-state index is -0.551. The van der Waals surface area contributed by atoms with Gasteiger partial charge in [0.1, 0.15) is 11.5 Å². The maximum Gasteiger partial charge on any atom is 0.239 e. The van der Waals surface area contributed by atoms with Crippen molar-refractivity contribution in [1.29, 1.82) is 0 Å². The predicted octanol–water partition coefficient (Wildman–Crippen LogP) is 1.85. The van der Waals surface area contributed by atoms with Gasteiger partial charge in [-0.3, -0.25) is 9.59 Å². The highest BCUT2D eigenvalue weighted by Crippen LogP contribution is 2.22. The number of hydrogen-bond acceptors (Lipinski definition) is 4. The van der Waals surface area contributed by atoms with Gasteiger partial charge in [0.05, 0.1) is 6.04 Å². The second-order valence-corrected chi connectivity index (χ2v) is 6.40. The normalized spacial score (nSPS) is 11.7. The molecule has 138 valence electrons. The molecule has 6 nitrogen and oxygen atoms in total. The Hall–Kier alpha value is -2.86. The van der Waals surface area contributed by atoms with Crippen LogP contribution in [0.5, 0.6) is 11.5 Å². The molecular formula is C20H25N3O3. The van der Waals surface area contributed by atoms with Gasteiger partial charge in [0.25, 0.3) is 0 Å². The third kappa shape index (κ3) is 5.89. The van der Waals surface area contributed by atoms with Crippen molar-refractivity contribution in [1.82, 2.24) is 4.90 Å². The minimum Gasteiger partial charge on any atom is -0.457 e. The van der Waals surface area contributed by atoms with Crippen LogP contribution in [-0.4, -0.2) is 36.9 Å². The molecule has 6 heteroatoms. The van der Waals surface area contributed by atoms with Crippen LogP contribution in [0.15, 0.2) is 48.5 Å². The van der Waals surface area contributed by atoms with Crippen LogP contribution in [0.1, 0.15) is 17.5 Å². The van der Waals surface area contributed by atoms with Crippen molar-refractivity contribution < 1.29 is 14.3 Å². The molecule has 2 amide bonds. The van der Waals surface area contributed by atoms with Crippen molar-refractivity contribution in [2.75, 3.05) is 14.1 Å². The summed E-state index contributed by atoms with van der Waals surface area (Å²) in [5, 5.41) is 0. The van der Waals surface area contributed by atoms with Gasteiger partial charge in [0.15, 0.2) is 0 Å². The molecule has 0 fully saturated rings. The molecule has 0 aliphatic heterocycles. The maximum absolute atomic E-state index is 11.8. The topological polar surface area (TPSA) is 98.7 Å². The zero-order valence-corrected chi connectivity index (χ0v) is 15.1. The van der Waals surface area contributed by atoms with Crippen LogP contribution in [0.4, 0.5) is 0 Å². The Kier molecular flexibility index (Phi) is 6.74. The molecule has 0 bridgehead atoms. The van der Waals surface area contributed by atoms with E-state index in [1.165, 1.54) is 4.90 Å². The number of nitrogens with zero attached hydrogens (tertiary/aromatic N) is 1. The quantitative estimate of drug-likeness (QED) is 0.755.